The third kappa shape index (κ3) is 6.79. The summed E-state index contributed by atoms with van der Waals surface area (Å²) in [6, 6.07) is 4.07. The summed E-state index contributed by atoms with van der Waals surface area (Å²) in [6.07, 6.45) is 13.4. The summed E-state index contributed by atoms with van der Waals surface area (Å²) in [5, 5.41) is 7.93. The normalized spacial score (nSPS) is 19.4. The zero-order chi connectivity index (χ0) is 23.8. The first kappa shape index (κ1) is 24.7. The van der Waals surface area contributed by atoms with Gasteiger partial charge in [-0.2, -0.15) is 0 Å². The summed E-state index contributed by atoms with van der Waals surface area (Å²) in [7, 11) is 0. The van der Waals surface area contributed by atoms with Crippen LogP contribution < -0.4 is 16.1 Å². The van der Waals surface area contributed by atoms with Crippen LogP contribution in [0.15, 0.2) is 34.7 Å². The summed E-state index contributed by atoms with van der Waals surface area (Å²) in [4.78, 5) is 40.5. The van der Waals surface area contributed by atoms with Crippen molar-refractivity contribution >= 4 is 23.2 Å². The molecular weight excluding hydrogens is 450 g/mol. The Balaban J connectivity index is 1.51. The number of carbonyl (C=O) groups is 2. The molecule has 2 N–H and O–H groups in total. The minimum absolute atomic E-state index is 0.00879. The molecule has 0 aromatic carbocycles. The van der Waals surface area contributed by atoms with E-state index in [1.54, 1.807) is 28.3 Å². The number of carbonyl (C=O) groups excluding carboxylic acids is 2. The molecule has 1 atom stereocenters. The number of thiophene rings is 1. The number of hydrogen-bond donors (Lipinski definition) is 2. The molecule has 3 heterocycles. The summed E-state index contributed by atoms with van der Waals surface area (Å²) in [6.45, 7) is 1.67. The van der Waals surface area contributed by atoms with E-state index in [1.807, 2.05) is 17.5 Å². The Morgan fingerprint density at radius 3 is 2.41 bits per heavy atom. The fourth-order valence-electron chi connectivity index (χ4n) is 4.80. The second kappa shape index (κ2) is 12.3. The van der Waals surface area contributed by atoms with Gasteiger partial charge in [-0.25, -0.2) is 0 Å². The third-order valence-corrected chi connectivity index (χ3v) is 7.62. The van der Waals surface area contributed by atoms with Gasteiger partial charge in [-0.3, -0.25) is 14.4 Å². The van der Waals surface area contributed by atoms with Gasteiger partial charge in [0, 0.05) is 43.0 Å². The van der Waals surface area contributed by atoms with Crippen molar-refractivity contribution in [2.45, 2.75) is 82.9 Å². The zero-order valence-corrected chi connectivity index (χ0v) is 20.5. The van der Waals surface area contributed by atoms with Crippen molar-refractivity contribution in [1.82, 2.24) is 15.2 Å². The molecule has 1 aliphatic carbocycles. The van der Waals surface area contributed by atoms with Crippen molar-refractivity contribution < 1.29 is 14.3 Å². The van der Waals surface area contributed by atoms with Crippen molar-refractivity contribution in [1.29, 1.82) is 0 Å². The number of nitrogens with zero attached hydrogens (tertiary/aromatic N) is 1. The minimum Gasteiger partial charge on any atom is -0.376 e. The molecule has 8 heteroatoms. The van der Waals surface area contributed by atoms with E-state index < -0.39 is 11.3 Å². The molecule has 0 radical (unpaired) electrons. The maximum atomic E-state index is 13.2. The SMILES string of the molecule is O=C(NCCc1cccs1)c1cn(CC2CCCO2)cc(C(=O)NC2CCCCCCC2)c1=O. The lowest BCUT2D eigenvalue weighted by Crippen LogP contribution is -2.40. The number of aromatic nitrogens is 1. The van der Waals surface area contributed by atoms with E-state index in [2.05, 4.69) is 10.6 Å². The summed E-state index contributed by atoms with van der Waals surface area (Å²) in [5.74, 6) is -0.826. The van der Waals surface area contributed by atoms with Gasteiger partial charge >= 0.3 is 0 Å². The average Bonchev–Trinajstić information content (AvgIpc) is 3.51. The van der Waals surface area contributed by atoms with Gasteiger partial charge in [-0.05, 0) is 43.6 Å². The van der Waals surface area contributed by atoms with Crippen molar-refractivity contribution in [3.63, 3.8) is 0 Å². The van der Waals surface area contributed by atoms with Crippen LogP contribution in [0, 0.1) is 0 Å². The highest BCUT2D eigenvalue weighted by Crippen LogP contribution is 2.18. The van der Waals surface area contributed by atoms with E-state index >= 15 is 0 Å². The van der Waals surface area contributed by atoms with Gasteiger partial charge in [0.15, 0.2) is 0 Å². The molecule has 0 bridgehead atoms. The molecule has 34 heavy (non-hydrogen) atoms. The molecule has 2 aromatic rings. The first-order valence-corrected chi connectivity index (χ1v) is 13.5. The molecule has 2 fully saturated rings. The summed E-state index contributed by atoms with van der Waals surface area (Å²) >= 11 is 1.64. The van der Waals surface area contributed by atoms with E-state index in [0.29, 0.717) is 19.5 Å². The van der Waals surface area contributed by atoms with Crippen LogP contribution in [0.2, 0.25) is 0 Å². The Kier molecular flexibility index (Phi) is 8.93. The molecular formula is C26H35N3O4S. The molecule has 2 amide bonds. The Hall–Kier alpha value is -2.45. The zero-order valence-electron chi connectivity index (χ0n) is 19.7. The Morgan fingerprint density at radius 1 is 1.00 bits per heavy atom. The lowest BCUT2D eigenvalue weighted by molar-refractivity contribution is 0.0914. The lowest BCUT2D eigenvalue weighted by Gasteiger charge is -2.21. The molecule has 184 valence electrons. The van der Waals surface area contributed by atoms with E-state index in [1.165, 1.54) is 24.1 Å². The number of hydrogen-bond acceptors (Lipinski definition) is 5. The summed E-state index contributed by atoms with van der Waals surface area (Å²) in [5.41, 5.74) is -0.471. The quantitative estimate of drug-likeness (QED) is 0.593. The number of rotatable bonds is 8. The second-order valence-electron chi connectivity index (χ2n) is 9.35. The van der Waals surface area contributed by atoms with Crippen molar-refractivity contribution in [2.75, 3.05) is 13.2 Å². The molecule has 2 aromatic heterocycles. The van der Waals surface area contributed by atoms with E-state index in [-0.39, 0.29) is 29.2 Å². The van der Waals surface area contributed by atoms with Gasteiger partial charge < -0.3 is 19.9 Å². The molecule has 7 nitrogen and oxygen atoms in total. The first-order chi connectivity index (χ1) is 16.6. The highest BCUT2D eigenvalue weighted by Gasteiger charge is 2.23. The van der Waals surface area contributed by atoms with Crippen LogP contribution in [0.4, 0.5) is 0 Å². The second-order valence-corrected chi connectivity index (χ2v) is 10.4. The van der Waals surface area contributed by atoms with Crippen LogP contribution in [-0.2, 0) is 17.7 Å². The highest BCUT2D eigenvalue weighted by atomic mass is 32.1. The molecule has 1 unspecified atom stereocenters. The van der Waals surface area contributed by atoms with Gasteiger partial charge in [0.1, 0.15) is 11.1 Å². The van der Waals surface area contributed by atoms with Crippen molar-refractivity contribution in [3.8, 4) is 0 Å². The van der Waals surface area contributed by atoms with Gasteiger partial charge in [0.25, 0.3) is 11.8 Å². The fraction of sp³-hybridized carbons (Fsp3) is 0.577. The smallest absolute Gasteiger partial charge is 0.256 e. The summed E-state index contributed by atoms with van der Waals surface area (Å²) < 4.78 is 7.52. The average molecular weight is 486 g/mol. The third-order valence-electron chi connectivity index (χ3n) is 6.68. The first-order valence-electron chi connectivity index (χ1n) is 12.6. The van der Waals surface area contributed by atoms with Crippen LogP contribution in [0.5, 0.6) is 0 Å². The minimum atomic E-state index is -0.513. The van der Waals surface area contributed by atoms with Gasteiger partial charge in [0.2, 0.25) is 5.43 Å². The van der Waals surface area contributed by atoms with Crippen LogP contribution in [0.25, 0.3) is 0 Å². The standard InChI is InChI=1S/C26H35N3O4S/c30-24-22(25(31)27-13-12-21-11-7-15-34-21)17-29(16-20-10-6-14-33-20)18-23(24)26(32)28-19-8-4-2-1-3-5-9-19/h7,11,15,17-20H,1-6,8-10,12-14,16H2,(H,27,31)(H,28,32). The molecule has 1 aliphatic heterocycles. The topological polar surface area (TPSA) is 89.4 Å². The van der Waals surface area contributed by atoms with Crippen molar-refractivity contribution in [3.05, 3.63) is 56.1 Å². The Labute approximate surface area is 204 Å². The fourth-order valence-corrected chi connectivity index (χ4v) is 5.51. The van der Waals surface area contributed by atoms with Gasteiger partial charge in [-0.1, -0.05) is 38.2 Å². The van der Waals surface area contributed by atoms with Gasteiger partial charge in [-0.15, -0.1) is 11.3 Å². The van der Waals surface area contributed by atoms with Crippen LogP contribution in [0.1, 0.15) is 83.4 Å². The predicted octanol–water partition coefficient (Wildman–Crippen LogP) is 3.90. The molecule has 0 spiro atoms. The highest BCUT2D eigenvalue weighted by molar-refractivity contribution is 7.09. The number of ether oxygens (including phenoxy) is 1. The molecule has 1 saturated heterocycles. The van der Waals surface area contributed by atoms with E-state index in [9.17, 15) is 14.4 Å². The van der Waals surface area contributed by atoms with Crippen LogP contribution >= 0.6 is 11.3 Å². The van der Waals surface area contributed by atoms with E-state index in [4.69, 9.17) is 4.74 Å². The lowest BCUT2D eigenvalue weighted by atomic mass is 9.96. The molecule has 2 aliphatic rings. The number of nitrogens with one attached hydrogen (secondary N) is 2. The van der Waals surface area contributed by atoms with Gasteiger partial charge in [0.05, 0.1) is 6.10 Å². The monoisotopic (exact) mass is 485 g/mol. The van der Waals surface area contributed by atoms with Crippen molar-refractivity contribution in [2.24, 2.45) is 0 Å². The van der Waals surface area contributed by atoms with E-state index in [0.717, 1.165) is 45.1 Å². The van der Waals surface area contributed by atoms with Crippen LogP contribution in [0.3, 0.4) is 0 Å². The number of amides is 2. The maximum Gasteiger partial charge on any atom is 0.256 e. The number of pyridine rings is 1. The molecule has 4 rings (SSSR count). The maximum absolute atomic E-state index is 13.2. The Bertz CT molecular complexity index is 1000. The largest absolute Gasteiger partial charge is 0.376 e. The molecule has 1 saturated carbocycles. The Morgan fingerprint density at radius 2 is 1.74 bits per heavy atom. The van der Waals surface area contributed by atoms with Crippen LogP contribution in [-0.4, -0.2) is 41.7 Å². The predicted molar refractivity (Wildman–Crippen MR) is 134 cm³/mol.